The Kier molecular flexibility index (Phi) is 3.82. The number of anilines is 1. The lowest BCUT2D eigenvalue weighted by atomic mass is 10.1. The highest BCUT2D eigenvalue weighted by Crippen LogP contribution is 2.30. The van der Waals surface area contributed by atoms with E-state index in [1.165, 1.54) is 0 Å². The first-order valence-electron chi connectivity index (χ1n) is 6.57. The van der Waals surface area contributed by atoms with Crippen molar-refractivity contribution in [2.24, 2.45) is 18.7 Å². The Morgan fingerprint density at radius 2 is 2.05 bits per heavy atom. The molecule has 0 spiro atoms. The molecule has 0 aliphatic carbocycles. The average Bonchev–Trinajstić information content (AvgIpc) is 2.78. The number of rotatable bonds is 3. The summed E-state index contributed by atoms with van der Waals surface area (Å²) in [5.41, 5.74) is 7.70. The number of hydrogen-bond donors (Lipinski definition) is 1. The Bertz CT molecular complexity index is 493. The number of nitrogens with two attached hydrogens (primary N) is 1. The van der Waals surface area contributed by atoms with E-state index in [1.54, 1.807) is 0 Å². The topological polar surface area (TPSA) is 50.3 Å². The molecule has 1 saturated heterocycles. The van der Waals surface area contributed by atoms with E-state index in [9.17, 15) is 0 Å². The van der Waals surface area contributed by atoms with Gasteiger partial charge in [0, 0.05) is 26.2 Å². The van der Waals surface area contributed by atoms with Crippen LogP contribution in [0.4, 0.5) is 5.82 Å². The zero-order chi connectivity index (χ0) is 14.3. The van der Waals surface area contributed by atoms with Crippen LogP contribution < -0.4 is 10.6 Å². The van der Waals surface area contributed by atoms with Crippen LogP contribution >= 0.6 is 12.2 Å². The van der Waals surface area contributed by atoms with E-state index in [4.69, 9.17) is 18.0 Å². The normalized spacial score (nSPS) is 23.4. The Labute approximate surface area is 120 Å². The smallest absolute Gasteiger partial charge is 0.137 e. The highest BCUT2D eigenvalue weighted by atomic mass is 32.1. The number of thiocarbonyl (C=S) groups is 1. The van der Waals surface area contributed by atoms with Crippen molar-refractivity contribution in [1.29, 1.82) is 0 Å². The second-order valence-electron chi connectivity index (χ2n) is 5.69. The Morgan fingerprint density at radius 1 is 1.42 bits per heavy atom. The summed E-state index contributed by atoms with van der Waals surface area (Å²) in [5.74, 6) is 1.67. The quantitative estimate of drug-likeness (QED) is 0.829. The van der Waals surface area contributed by atoms with Gasteiger partial charge in [-0.15, -0.1) is 0 Å². The molecule has 1 aliphatic heterocycles. The standard InChI is InChI=1S/C13H23N5S/c1-8-6-18(7-10(8)16(3)4)13-11(12(14)19)9(2)15-17(13)5/h8,10H,6-7H2,1-5H3,(H2,14,19). The van der Waals surface area contributed by atoms with Crippen LogP contribution in [0.3, 0.4) is 0 Å². The van der Waals surface area contributed by atoms with Crippen molar-refractivity contribution in [3.8, 4) is 0 Å². The van der Waals surface area contributed by atoms with E-state index in [2.05, 4.69) is 35.9 Å². The summed E-state index contributed by atoms with van der Waals surface area (Å²) < 4.78 is 1.90. The van der Waals surface area contributed by atoms with Crippen LogP contribution in [0.25, 0.3) is 0 Å². The van der Waals surface area contributed by atoms with Gasteiger partial charge in [-0.25, -0.2) is 0 Å². The van der Waals surface area contributed by atoms with Crippen LogP contribution in [0.1, 0.15) is 18.2 Å². The molecule has 5 nitrogen and oxygen atoms in total. The van der Waals surface area contributed by atoms with Gasteiger partial charge in [0.25, 0.3) is 0 Å². The highest BCUT2D eigenvalue weighted by molar-refractivity contribution is 7.80. The molecule has 2 N–H and O–H groups in total. The van der Waals surface area contributed by atoms with Gasteiger partial charge in [-0.1, -0.05) is 19.1 Å². The van der Waals surface area contributed by atoms with Gasteiger partial charge in [0.05, 0.1) is 11.3 Å². The molecule has 1 aromatic heterocycles. The van der Waals surface area contributed by atoms with Gasteiger partial charge >= 0.3 is 0 Å². The molecule has 2 heterocycles. The summed E-state index contributed by atoms with van der Waals surface area (Å²) in [4.78, 5) is 5.07. The van der Waals surface area contributed by atoms with Crippen molar-refractivity contribution in [1.82, 2.24) is 14.7 Å². The number of likely N-dealkylation sites (N-methyl/N-ethyl adjacent to an activating group) is 1. The maximum Gasteiger partial charge on any atom is 0.137 e. The molecule has 2 rings (SSSR count). The highest BCUT2D eigenvalue weighted by Gasteiger charge is 2.34. The van der Waals surface area contributed by atoms with Crippen LogP contribution in [-0.4, -0.2) is 52.9 Å². The second kappa shape index (κ2) is 5.09. The summed E-state index contributed by atoms with van der Waals surface area (Å²) in [5, 5.41) is 4.47. The van der Waals surface area contributed by atoms with Gasteiger partial charge in [-0.2, -0.15) is 5.10 Å². The van der Waals surface area contributed by atoms with Gasteiger partial charge in [-0.3, -0.25) is 4.68 Å². The van der Waals surface area contributed by atoms with Gasteiger partial charge in [0.2, 0.25) is 0 Å². The zero-order valence-corrected chi connectivity index (χ0v) is 13.2. The SMILES string of the molecule is Cc1nn(C)c(N2CC(C)C(N(C)C)C2)c1C(N)=S. The fourth-order valence-electron chi connectivity index (χ4n) is 3.09. The first-order chi connectivity index (χ1) is 8.82. The minimum atomic E-state index is 0.432. The fourth-order valence-corrected chi connectivity index (χ4v) is 3.33. The Balaban J connectivity index is 2.36. The lowest BCUT2D eigenvalue weighted by Gasteiger charge is -2.23. The van der Waals surface area contributed by atoms with E-state index < -0.39 is 0 Å². The molecule has 0 bridgehead atoms. The lowest BCUT2D eigenvalue weighted by molar-refractivity contribution is 0.266. The maximum absolute atomic E-state index is 5.87. The van der Waals surface area contributed by atoms with E-state index in [1.807, 2.05) is 18.7 Å². The summed E-state index contributed by atoms with van der Waals surface area (Å²) in [7, 11) is 6.22. The minimum Gasteiger partial charge on any atom is -0.389 e. The van der Waals surface area contributed by atoms with Crippen molar-refractivity contribution in [2.75, 3.05) is 32.1 Å². The van der Waals surface area contributed by atoms with Crippen LogP contribution in [-0.2, 0) is 7.05 Å². The van der Waals surface area contributed by atoms with Gasteiger partial charge in [-0.05, 0) is 26.9 Å². The van der Waals surface area contributed by atoms with E-state index in [0.717, 1.165) is 30.2 Å². The Hall–Kier alpha value is -1.14. The molecule has 6 heteroatoms. The van der Waals surface area contributed by atoms with Gasteiger partial charge in [0.15, 0.2) is 0 Å². The lowest BCUT2D eigenvalue weighted by Crippen LogP contribution is -2.35. The molecular formula is C13H23N5S. The number of nitrogens with zero attached hydrogens (tertiary/aromatic N) is 4. The molecule has 1 aromatic rings. The molecule has 0 radical (unpaired) electrons. The first kappa shape index (κ1) is 14.3. The summed E-state index contributed by atoms with van der Waals surface area (Å²) in [6.45, 7) is 6.25. The summed E-state index contributed by atoms with van der Waals surface area (Å²) >= 11 is 5.18. The minimum absolute atomic E-state index is 0.432. The van der Waals surface area contributed by atoms with E-state index in [0.29, 0.717) is 16.9 Å². The van der Waals surface area contributed by atoms with E-state index in [-0.39, 0.29) is 0 Å². The molecule has 106 valence electrons. The second-order valence-corrected chi connectivity index (χ2v) is 6.12. The largest absolute Gasteiger partial charge is 0.389 e. The average molecular weight is 281 g/mol. The molecule has 1 fully saturated rings. The third-order valence-electron chi connectivity index (χ3n) is 3.97. The molecule has 19 heavy (non-hydrogen) atoms. The summed E-state index contributed by atoms with van der Waals surface area (Å²) in [6.07, 6.45) is 0. The van der Waals surface area contributed by atoms with Crippen molar-refractivity contribution >= 4 is 23.0 Å². The number of aromatic nitrogens is 2. The fraction of sp³-hybridized carbons (Fsp3) is 0.692. The molecule has 1 aliphatic rings. The van der Waals surface area contributed by atoms with Crippen LogP contribution in [0, 0.1) is 12.8 Å². The summed E-state index contributed by atoms with van der Waals surface area (Å²) in [6, 6.07) is 0.550. The van der Waals surface area contributed by atoms with Crippen LogP contribution in [0.5, 0.6) is 0 Å². The van der Waals surface area contributed by atoms with Crippen molar-refractivity contribution in [2.45, 2.75) is 19.9 Å². The number of aryl methyl sites for hydroxylation is 2. The third-order valence-corrected chi connectivity index (χ3v) is 4.18. The van der Waals surface area contributed by atoms with Crippen LogP contribution in [0.2, 0.25) is 0 Å². The molecule has 2 atom stereocenters. The van der Waals surface area contributed by atoms with Crippen molar-refractivity contribution < 1.29 is 0 Å². The molecule has 0 saturated carbocycles. The monoisotopic (exact) mass is 281 g/mol. The van der Waals surface area contributed by atoms with Gasteiger partial charge in [0.1, 0.15) is 10.8 Å². The zero-order valence-electron chi connectivity index (χ0n) is 12.3. The molecular weight excluding hydrogens is 258 g/mol. The predicted molar refractivity (Wildman–Crippen MR) is 82.7 cm³/mol. The first-order valence-corrected chi connectivity index (χ1v) is 6.98. The molecule has 0 amide bonds. The van der Waals surface area contributed by atoms with E-state index >= 15 is 0 Å². The maximum atomic E-state index is 5.87. The van der Waals surface area contributed by atoms with Crippen molar-refractivity contribution in [3.05, 3.63) is 11.3 Å². The Morgan fingerprint density at radius 3 is 2.53 bits per heavy atom. The third kappa shape index (κ3) is 2.47. The predicted octanol–water partition coefficient (Wildman–Crippen LogP) is 0.749. The van der Waals surface area contributed by atoms with Crippen molar-refractivity contribution in [3.63, 3.8) is 0 Å². The van der Waals surface area contributed by atoms with Gasteiger partial charge < -0.3 is 15.5 Å². The number of hydrogen-bond acceptors (Lipinski definition) is 4. The molecule has 2 unspecified atom stereocenters. The van der Waals surface area contributed by atoms with Crippen LogP contribution in [0.15, 0.2) is 0 Å². The molecule has 0 aromatic carbocycles.